The molecule has 0 N–H and O–H groups in total. The maximum Gasteiger partial charge on any atom is 0.0487 e. The normalized spacial score (nSPS) is 10.9. The van der Waals surface area contributed by atoms with E-state index in [1.807, 2.05) is 0 Å². The Bertz CT molecular complexity index is 7090. The predicted octanol–water partition coefficient (Wildman–Crippen LogP) is 34.7. The average molecular weight is 1680 g/mol. The van der Waals surface area contributed by atoms with Crippen LogP contribution in [0.25, 0.3) is 99.4 Å². The van der Waals surface area contributed by atoms with Gasteiger partial charge in [-0.05, 0) is 270 Å². The molecule has 0 fully saturated rings. The monoisotopic (exact) mass is 1680 g/mol. The Morgan fingerprint density at radius 3 is 0.634 bits per heavy atom. The summed E-state index contributed by atoms with van der Waals surface area (Å²) >= 11 is 0. The average Bonchev–Trinajstić information content (AvgIpc) is 0.793. The van der Waals surface area contributed by atoms with Crippen LogP contribution in [0.5, 0.6) is 0 Å². The molecule has 21 aromatic rings. The van der Waals surface area contributed by atoms with E-state index in [1.54, 1.807) is 0 Å². The van der Waals surface area contributed by atoms with E-state index in [4.69, 9.17) is 0 Å². The van der Waals surface area contributed by atoms with Crippen molar-refractivity contribution < 1.29 is 0 Å². The van der Waals surface area contributed by atoms with Crippen molar-refractivity contribution in [1.82, 2.24) is 0 Å². The van der Waals surface area contributed by atoms with Gasteiger partial charge >= 0.3 is 0 Å². The second-order valence-corrected chi connectivity index (χ2v) is 32.7. The molecule has 0 bridgehead atoms. The van der Waals surface area contributed by atoms with Gasteiger partial charge in [-0.3, -0.25) is 0 Å². The smallest absolute Gasteiger partial charge is 0.0487 e. The first-order valence-electron chi connectivity index (χ1n) is 44.7. The Morgan fingerprint density at radius 1 is 0.115 bits per heavy atom. The van der Waals surface area contributed by atoms with Gasteiger partial charge < -0.3 is 29.4 Å². The number of benzene rings is 21. The summed E-state index contributed by atoms with van der Waals surface area (Å²) in [6.07, 6.45) is 0. The highest BCUT2D eigenvalue weighted by Crippen LogP contribution is 2.45. The molecule has 0 heterocycles. The summed E-state index contributed by atoms with van der Waals surface area (Å²) in [6.45, 7) is 0. The molecular formula is C125H98N6. The largest absolute Gasteiger partial charge is 0.345 e. The molecule has 0 atom stereocenters. The van der Waals surface area contributed by atoms with E-state index in [-0.39, 0.29) is 0 Å². The highest BCUT2D eigenvalue weighted by Gasteiger charge is 2.21. The molecule has 131 heavy (non-hydrogen) atoms. The van der Waals surface area contributed by atoms with Crippen molar-refractivity contribution in [1.29, 1.82) is 0 Å². The van der Waals surface area contributed by atoms with E-state index in [0.717, 1.165) is 79.6 Å². The molecule has 0 radical (unpaired) electrons. The molecule has 21 aromatic carbocycles. The van der Waals surface area contributed by atoms with Crippen LogP contribution < -0.4 is 29.4 Å². The van der Waals surface area contributed by atoms with Gasteiger partial charge in [-0.1, -0.05) is 364 Å². The minimum Gasteiger partial charge on any atom is -0.345 e. The Morgan fingerprint density at radius 2 is 0.321 bits per heavy atom. The van der Waals surface area contributed by atoms with Gasteiger partial charge in [-0.15, -0.1) is 0 Å². The molecule has 0 spiro atoms. The third-order valence-corrected chi connectivity index (χ3v) is 24.4. The van der Waals surface area contributed by atoms with Gasteiger partial charge in [0.15, 0.2) is 0 Å². The SMILES string of the molecule is CN(c1ccc(-c2ccccc2)cc1)c1ccc(N(c2cccc(-c3ccccc3)c2)c2cccc(-c3ccccc3)c2)cc1.CN(c1ccc(N(c2cccc(-c3ccccc3)c2)c2cccc(-c3ccccc3)c2)cc1)c1ccc2ccccc2c1.CN(c1ccc(N(c2cccc(-c3ccccc3)c2)c2cccc(-c3ccccc3)c2)cc1)c1cccc2ccccc12. The topological polar surface area (TPSA) is 19.4 Å². The fourth-order valence-electron chi connectivity index (χ4n) is 17.4. The van der Waals surface area contributed by atoms with E-state index in [2.05, 4.69) is 590 Å². The van der Waals surface area contributed by atoms with Crippen LogP contribution in [0.3, 0.4) is 0 Å². The van der Waals surface area contributed by atoms with Crippen LogP contribution >= 0.6 is 0 Å². The summed E-state index contributed by atoms with van der Waals surface area (Å²) in [5, 5.41) is 4.98. The van der Waals surface area contributed by atoms with E-state index in [1.165, 1.54) is 105 Å². The zero-order chi connectivity index (χ0) is 88.4. The maximum absolute atomic E-state index is 2.35. The minimum atomic E-state index is 1.10. The lowest BCUT2D eigenvalue weighted by Gasteiger charge is -2.28. The molecule has 0 amide bonds. The first-order valence-corrected chi connectivity index (χ1v) is 44.7. The van der Waals surface area contributed by atoms with Crippen LogP contribution in [0.4, 0.5) is 85.3 Å². The Balaban J connectivity index is 0.000000127. The van der Waals surface area contributed by atoms with Crippen molar-refractivity contribution in [3.63, 3.8) is 0 Å². The van der Waals surface area contributed by atoms with Gasteiger partial charge in [0.05, 0.1) is 0 Å². The van der Waals surface area contributed by atoms with Crippen molar-refractivity contribution in [2.45, 2.75) is 0 Å². The van der Waals surface area contributed by atoms with Crippen molar-refractivity contribution in [3.8, 4) is 77.9 Å². The molecule has 21 rings (SSSR count). The lowest BCUT2D eigenvalue weighted by atomic mass is 10.0. The zero-order valence-corrected chi connectivity index (χ0v) is 73.6. The van der Waals surface area contributed by atoms with E-state index < -0.39 is 0 Å². The lowest BCUT2D eigenvalue weighted by Crippen LogP contribution is -2.12. The summed E-state index contributed by atoms with van der Waals surface area (Å²) < 4.78 is 0. The van der Waals surface area contributed by atoms with Crippen molar-refractivity contribution >= 4 is 107 Å². The molecule has 0 aliphatic heterocycles. The molecule has 0 unspecified atom stereocenters. The molecule has 0 aliphatic rings. The summed E-state index contributed by atoms with van der Waals surface area (Å²) in [4.78, 5) is 13.8. The summed E-state index contributed by atoms with van der Waals surface area (Å²) in [7, 11) is 6.39. The lowest BCUT2D eigenvalue weighted by molar-refractivity contribution is 1.20. The minimum absolute atomic E-state index is 1.10. The Kier molecular flexibility index (Phi) is 25.3. The molecule has 0 aliphatic carbocycles. The van der Waals surface area contributed by atoms with Gasteiger partial charge in [0.1, 0.15) is 0 Å². The van der Waals surface area contributed by atoms with Gasteiger partial charge in [0.25, 0.3) is 0 Å². The molecule has 628 valence electrons. The van der Waals surface area contributed by atoms with Crippen LogP contribution in [-0.2, 0) is 0 Å². The van der Waals surface area contributed by atoms with Crippen LogP contribution in [0.1, 0.15) is 0 Å². The third kappa shape index (κ3) is 19.4. The van der Waals surface area contributed by atoms with Crippen LogP contribution in [-0.4, -0.2) is 21.1 Å². The molecule has 6 nitrogen and oxygen atoms in total. The number of hydrogen-bond donors (Lipinski definition) is 0. The second-order valence-electron chi connectivity index (χ2n) is 32.7. The number of anilines is 15. The fourth-order valence-corrected chi connectivity index (χ4v) is 17.4. The van der Waals surface area contributed by atoms with Crippen molar-refractivity contribution in [2.75, 3.05) is 50.5 Å². The summed E-state index contributed by atoms with van der Waals surface area (Å²) in [5.74, 6) is 0. The molecule has 0 aromatic heterocycles. The highest BCUT2D eigenvalue weighted by molar-refractivity contribution is 5.97. The van der Waals surface area contributed by atoms with E-state index in [9.17, 15) is 0 Å². The zero-order valence-electron chi connectivity index (χ0n) is 73.6. The van der Waals surface area contributed by atoms with Crippen LogP contribution in [0, 0.1) is 0 Å². The van der Waals surface area contributed by atoms with Gasteiger partial charge in [0, 0.05) is 112 Å². The fraction of sp³-hybridized carbons (Fsp3) is 0.0240. The molecule has 0 saturated heterocycles. The van der Waals surface area contributed by atoms with E-state index in [0.29, 0.717) is 0 Å². The molecule has 0 saturated carbocycles. The van der Waals surface area contributed by atoms with Crippen molar-refractivity contribution in [2.24, 2.45) is 0 Å². The quantitative estimate of drug-likeness (QED) is 0.0669. The maximum atomic E-state index is 2.35. The van der Waals surface area contributed by atoms with Crippen LogP contribution in [0.15, 0.2) is 540 Å². The molecule has 6 heteroatoms. The standard InChI is InChI=1S/C43H34N2.2C41H32N2/c1-44(39-25-23-36(24-26-39)33-13-5-2-6-14-33)40-27-29-41(30-28-40)45(42-21-11-19-37(31-42)34-15-7-3-8-16-34)43-22-12-20-38(32-43)35-17-9-4-10-18-35;1-42(41-24-12-18-33-17-8-9-23-40(33)41)36-25-27-37(28-26-36)43(38-21-10-19-34(29-38)31-13-4-2-5-14-31)39-22-11-20-35(30-39)32-15-6-3-7-16-32;1-42(39-23-22-33-16-8-9-17-34(33)28-39)37-24-26-38(27-25-37)43(40-20-10-18-35(29-40)31-12-4-2-5-13-31)41-21-11-19-36(30-41)32-14-6-3-7-15-32/h2-32H,1H3;2*2-30H,1H3. The van der Waals surface area contributed by atoms with Gasteiger partial charge in [-0.25, -0.2) is 0 Å². The first-order chi connectivity index (χ1) is 64.7. The Labute approximate surface area is 769 Å². The van der Waals surface area contributed by atoms with Crippen LogP contribution in [0.2, 0.25) is 0 Å². The highest BCUT2D eigenvalue weighted by atomic mass is 15.2. The Hall–Kier alpha value is -17.1. The summed E-state index contributed by atoms with van der Waals surface area (Å²) in [6, 6.07) is 192. The third-order valence-electron chi connectivity index (χ3n) is 24.4. The number of rotatable bonds is 22. The van der Waals surface area contributed by atoms with E-state index >= 15 is 0 Å². The van der Waals surface area contributed by atoms with Gasteiger partial charge in [0.2, 0.25) is 0 Å². The first kappa shape index (κ1) is 83.5. The van der Waals surface area contributed by atoms with Gasteiger partial charge in [-0.2, -0.15) is 0 Å². The number of fused-ring (bicyclic) bond motifs is 2. The number of hydrogen-bond acceptors (Lipinski definition) is 6. The molecular weight excluding hydrogens is 1590 g/mol. The number of nitrogens with zero attached hydrogens (tertiary/aromatic N) is 6. The van der Waals surface area contributed by atoms with Crippen molar-refractivity contribution in [3.05, 3.63) is 540 Å². The predicted molar refractivity (Wildman–Crippen MR) is 560 cm³/mol. The second kappa shape index (κ2) is 39.6. The summed E-state index contributed by atoms with van der Waals surface area (Å²) in [5.41, 5.74) is 33.7.